The van der Waals surface area contributed by atoms with Gasteiger partial charge in [0.25, 0.3) is 0 Å². The first kappa shape index (κ1) is 8.45. The largest absolute Gasteiger partial charge is 0.221 e. The minimum Gasteiger partial charge on any atom is -0.221 e. The molecule has 4 heteroatoms. The van der Waals surface area contributed by atoms with Gasteiger partial charge >= 0.3 is 0 Å². The average molecular weight is 184 g/mol. The smallest absolute Gasteiger partial charge is 0.0995 e. The van der Waals surface area contributed by atoms with Gasteiger partial charge in [-0.15, -0.1) is 5.10 Å². The van der Waals surface area contributed by atoms with Crippen LogP contribution in [0.15, 0.2) is 30.6 Å². The van der Waals surface area contributed by atoms with Crippen LogP contribution in [0.25, 0.3) is 5.69 Å². The molecule has 0 aliphatic carbocycles. The summed E-state index contributed by atoms with van der Waals surface area (Å²) >= 11 is 0. The normalized spacial score (nSPS) is 9.71. The highest BCUT2D eigenvalue weighted by Gasteiger charge is 2.01. The summed E-state index contributed by atoms with van der Waals surface area (Å²) in [6.07, 6.45) is 3.34. The van der Waals surface area contributed by atoms with Crippen LogP contribution >= 0.6 is 0 Å². The van der Waals surface area contributed by atoms with E-state index in [0.29, 0.717) is 5.56 Å². The predicted octanol–water partition coefficient (Wildman–Crippen LogP) is 1.45. The summed E-state index contributed by atoms with van der Waals surface area (Å²) in [7, 11) is 0. The molecule has 0 N–H and O–H groups in total. The van der Waals surface area contributed by atoms with Gasteiger partial charge in [-0.05, 0) is 24.6 Å². The summed E-state index contributed by atoms with van der Waals surface area (Å²) < 4.78 is 1.63. The molecule has 4 nitrogen and oxygen atoms in total. The van der Waals surface area contributed by atoms with Crippen molar-refractivity contribution in [1.82, 2.24) is 15.0 Å². The number of benzene rings is 1. The Morgan fingerprint density at radius 3 is 2.93 bits per heavy atom. The molecule has 68 valence electrons. The highest BCUT2D eigenvalue weighted by Crippen LogP contribution is 2.12. The molecular weight excluding hydrogens is 176 g/mol. The lowest BCUT2D eigenvalue weighted by atomic mass is 10.1. The van der Waals surface area contributed by atoms with Gasteiger partial charge in [0.2, 0.25) is 0 Å². The topological polar surface area (TPSA) is 54.5 Å². The third kappa shape index (κ3) is 1.36. The molecule has 1 heterocycles. The van der Waals surface area contributed by atoms with Crippen molar-refractivity contribution in [1.29, 1.82) is 5.26 Å². The third-order valence-corrected chi connectivity index (χ3v) is 2.03. The van der Waals surface area contributed by atoms with E-state index in [-0.39, 0.29) is 0 Å². The second-order valence-corrected chi connectivity index (χ2v) is 2.96. The van der Waals surface area contributed by atoms with E-state index in [4.69, 9.17) is 5.26 Å². The number of hydrogen-bond donors (Lipinski definition) is 0. The second kappa shape index (κ2) is 3.30. The van der Waals surface area contributed by atoms with Gasteiger partial charge in [-0.3, -0.25) is 0 Å². The Bertz CT molecular complexity index is 479. The van der Waals surface area contributed by atoms with Crippen LogP contribution in [0.2, 0.25) is 0 Å². The molecule has 0 aliphatic rings. The molecule has 14 heavy (non-hydrogen) atoms. The first-order valence-corrected chi connectivity index (χ1v) is 4.18. The number of aromatic nitrogens is 3. The van der Waals surface area contributed by atoms with Gasteiger partial charge in [-0.2, -0.15) is 5.26 Å². The van der Waals surface area contributed by atoms with Crippen LogP contribution < -0.4 is 0 Å². The lowest BCUT2D eigenvalue weighted by Gasteiger charge is -2.02. The van der Waals surface area contributed by atoms with Crippen molar-refractivity contribution in [3.63, 3.8) is 0 Å². The molecular formula is C10H8N4. The summed E-state index contributed by atoms with van der Waals surface area (Å²) in [5.41, 5.74) is 2.49. The monoisotopic (exact) mass is 184 g/mol. The molecule has 0 spiro atoms. The summed E-state index contributed by atoms with van der Waals surface area (Å²) in [4.78, 5) is 0. The number of nitrogens with zero attached hydrogens (tertiary/aromatic N) is 4. The van der Waals surface area contributed by atoms with E-state index >= 15 is 0 Å². The van der Waals surface area contributed by atoms with Crippen LogP contribution in [0.1, 0.15) is 11.1 Å². The Kier molecular flexibility index (Phi) is 1.99. The van der Waals surface area contributed by atoms with Crippen molar-refractivity contribution in [2.75, 3.05) is 0 Å². The molecule has 1 aromatic carbocycles. The standard InChI is InChI=1S/C10H8N4/c1-8-2-3-10(6-9(8)7-11)14-5-4-12-13-14/h2-6H,1H3. The van der Waals surface area contributed by atoms with Crippen molar-refractivity contribution < 1.29 is 0 Å². The molecule has 2 rings (SSSR count). The Morgan fingerprint density at radius 1 is 1.43 bits per heavy atom. The Hall–Kier alpha value is -2.15. The maximum Gasteiger partial charge on any atom is 0.0995 e. The van der Waals surface area contributed by atoms with Crippen molar-refractivity contribution in [3.8, 4) is 11.8 Å². The molecule has 0 atom stereocenters. The number of nitriles is 1. The van der Waals surface area contributed by atoms with Gasteiger partial charge in [0, 0.05) is 0 Å². The molecule has 0 bridgehead atoms. The second-order valence-electron chi connectivity index (χ2n) is 2.96. The van der Waals surface area contributed by atoms with E-state index in [2.05, 4.69) is 16.4 Å². The molecule has 0 saturated heterocycles. The highest BCUT2D eigenvalue weighted by atomic mass is 15.4. The van der Waals surface area contributed by atoms with E-state index in [1.54, 1.807) is 23.1 Å². The van der Waals surface area contributed by atoms with E-state index in [1.807, 2.05) is 19.1 Å². The fourth-order valence-electron chi connectivity index (χ4n) is 1.22. The lowest BCUT2D eigenvalue weighted by molar-refractivity contribution is 0.802. The predicted molar refractivity (Wildman–Crippen MR) is 50.8 cm³/mol. The molecule has 0 amide bonds. The summed E-state index contributed by atoms with van der Waals surface area (Å²) in [6.45, 7) is 1.91. The van der Waals surface area contributed by atoms with Crippen molar-refractivity contribution in [2.24, 2.45) is 0 Å². The Labute approximate surface area is 81.4 Å². The zero-order valence-corrected chi connectivity index (χ0v) is 7.68. The van der Waals surface area contributed by atoms with E-state index < -0.39 is 0 Å². The number of rotatable bonds is 1. The van der Waals surface area contributed by atoms with E-state index in [9.17, 15) is 0 Å². The van der Waals surface area contributed by atoms with Crippen molar-refractivity contribution >= 4 is 0 Å². The minimum absolute atomic E-state index is 0.665. The first-order chi connectivity index (χ1) is 6.81. The molecule has 2 aromatic rings. The molecule has 0 aliphatic heterocycles. The zero-order valence-electron chi connectivity index (χ0n) is 7.68. The molecule has 1 aromatic heterocycles. The summed E-state index contributed by atoms with van der Waals surface area (Å²) in [6, 6.07) is 7.74. The fraction of sp³-hybridized carbons (Fsp3) is 0.100. The average Bonchev–Trinajstić information content (AvgIpc) is 2.71. The van der Waals surface area contributed by atoms with Gasteiger partial charge in [0.1, 0.15) is 0 Å². The van der Waals surface area contributed by atoms with Crippen LogP contribution in [-0.2, 0) is 0 Å². The maximum absolute atomic E-state index is 8.85. The van der Waals surface area contributed by atoms with E-state index in [0.717, 1.165) is 11.3 Å². The van der Waals surface area contributed by atoms with E-state index in [1.165, 1.54) is 0 Å². The lowest BCUT2D eigenvalue weighted by Crippen LogP contribution is -1.96. The van der Waals surface area contributed by atoms with Gasteiger partial charge < -0.3 is 0 Å². The number of aryl methyl sites for hydroxylation is 1. The first-order valence-electron chi connectivity index (χ1n) is 4.18. The number of hydrogen-bond acceptors (Lipinski definition) is 3. The highest BCUT2D eigenvalue weighted by molar-refractivity contribution is 5.45. The minimum atomic E-state index is 0.665. The van der Waals surface area contributed by atoms with Gasteiger partial charge in [0.05, 0.1) is 29.7 Å². The van der Waals surface area contributed by atoms with Crippen molar-refractivity contribution in [2.45, 2.75) is 6.92 Å². The van der Waals surface area contributed by atoms with Crippen LogP contribution in [0.3, 0.4) is 0 Å². The quantitative estimate of drug-likeness (QED) is 0.674. The Morgan fingerprint density at radius 2 is 2.29 bits per heavy atom. The van der Waals surface area contributed by atoms with Crippen LogP contribution in [-0.4, -0.2) is 15.0 Å². The Balaban J connectivity index is 2.53. The van der Waals surface area contributed by atoms with Crippen LogP contribution in [0, 0.1) is 18.3 Å². The van der Waals surface area contributed by atoms with Crippen molar-refractivity contribution in [3.05, 3.63) is 41.7 Å². The molecule has 0 radical (unpaired) electrons. The fourth-order valence-corrected chi connectivity index (χ4v) is 1.22. The van der Waals surface area contributed by atoms with Gasteiger partial charge in [-0.1, -0.05) is 11.3 Å². The SMILES string of the molecule is Cc1ccc(-n2ccnn2)cc1C#N. The van der Waals surface area contributed by atoms with Crippen LogP contribution in [0.5, 0.6) is 0 Å². The molecule has 0 unspecified atom stereocenters. The summed E-state index contributed by atoms with van der Waals surface area (Å²) in [5.74, 6) is 0. The zero-order chi connectivity index (χ0) is 9.97. The maximum atomic E-state index is 8.85. The summed E-state index contributed by atoms with van der Waals surface area (Å²) in [5, 5.41) is 16.4. The molecule has 0 fully saturated rings. The third-order valence-electron chi connectivity index (χ3n) is 2.03. The van der Waals surface area contributed by atoms with Gasteiger partial charge in [-0.25, -0.2) is 4.68 Å². The van der Waals surface area contributed by atoms with Crippen LogP contribution in [0.4, 0.5) is 0 Å². The van der Waals surface area contributed by atoms with Gasteiger partial charge in [0.15, 0.2) is 0 Å². The molecule has 0 saturated carbocycles.